The number of aldehydes is 1. The van der Waals surface area contributed by atoms with Crippen LogP contribution in [0, 0.1) is 12.8 Å². The maximum Gasteiger partial charge on any atom is 0.290 e. The minimum Gasteiger partial charge on any atom is -0.483 e. The van der Waals surface area contributed by atoms with Gasteiger partial charge in [-0.05, 0) is 73.9 Å². The average Bonchev–Trinajstić information content (AvgIpc) is 3.38. The molecule has 2 aromatic carbocycles. The van der Waals surface area contributed by atoms with Crippen LogP contribution in [-0.4, -0.2) is 53.9 Å². The van der Waals surface area contributed by atoms with E-state index in [-0.39, 0.29) is 6.47 Å². The van der Waals surface area contributed by atoms with Crippen LogP contribution in [0.2, 0.25) is 0 Å². The summed E-state index contributed by atoms with van der Waals surface area (Å²) >= 11 is 0. The number of amides is 1. The highest BCUT2D eigenvalue weighted by atomic mass is 16.3. The number of hydrogen-bond acceptors (Lipinski definition) is 4. The molecule has 0 unspecified atom stereocenters. The second kappa shape index (κ2) is 17.9. The van der Waals surface area contributed by atoms with Crippen LogP contribution in [-0.2, 0) is 16.1 Å². The van der Waals surface area contributed by atoms with Gasteiger partial charge in [-0.25, -0.2) is 0 Å². The molecule has 218 valence electrons. The number of fused-ring (bicyclic) bond motifs is 1. The summed E-state index contributed by atoms with van der Waals surface area (Å²) in [5.74, 6) is 1.65. The zero-order valence-corrected chi connectivity index (χ0v) is 24.6. The van der Waals surface area contributed by atoms with Gasteiger partial charge in [0.05, 0.1) is 5.69 Å². The second-order valence-electron chi connectivity index (χ2n) is 10.6. The van der Waals surface area contributed by atoms with Gasteiger partial charge in [-0.15, -0.1) is 0 Å². The molecule has 1 amide bonds. The Labute approximate surface area is 239 Å². The first-order valence-electron chi connectivity index (χ1n) is 14.5. The van der Waals surface area contributed by atoms with Crippen LogP contribution in [0.15, 0.2) is 48.5 Å². The van der Waals surface area contributed by atoms with Gasteiger partial charge in [0, 0.05) is 43.3 Å². The molecule has 7 heteroatoms. The third kappa shape index (κ3) is 9.85. The number of piperidine rings is 1. The lowest BCUT2D eigenvalue weighted by Gasteiger charge is -2.29. The van der Waals surface area contributed by atoms with Crippen LogP contribution >= 0.6 is 0 Å². The highest BCUT2D eigenvalue weighted by Gasteiger charge is 2.19. The number of carboxylic acid groups (broad SMARTS) is 1. The molecule has 3 aromatic rings. The number of hydrogen-bond donors (Lipinski definition) is 2. The molecule has 40 heavy (non-hydrogen) atoms. The Kier molecular flexibility index (Phi) is 14.6. The third-order valence-electron chi connectivity index (χ3n) is 7.88. The predicted molar refractivity (Wildman–Crippen MR) is 164 cm³/mol. The number of anilines is 1. The highest BCUT2D eigenvalue weighted by molar-refractivity contribution is 5.90. The molecule has 1 aromatic heterocycles. The van der Waals surface area contributed by atoms with Crippen molar-refractivity contribution >= 4 is 35.8 Å². The van der Waals surface area contributed by atoms with Gasteiger partial charge in [0.15, 0.2) is 6.29 Å². The maximum atomic E-state index is 10.8. The van der Waals surface area contributed by atoms with E-state index < -0.39 is 0 Å². The number of nitrogens with one attached hydrogen (secondary N) is 1. The largest absolute Gasteiger partial charge is 0.483 e. The van der Waals surface area contributed by atoms with Gasteiger partial charge in [0.1, 0.15) is 0 Å². The Morgan fingerprint density at radius 2 is 1.57 bits per heavy atom. The van der Waals surface area contributed by atoms with Crippen molar-refractivity contribution in [1.29, 1.82) is 0 Å². The molecule has 0 radical (unpaired) electrons. The number of aromatic nitrogens is 1. The van der Waals surface area contributed by atoms with E-state index in [1.54, 1.807) is 0 Å². The summed E-state index contributed by atoms with van der Waals surface area (Å²) in [6, 6.07) is 16.7. The molecule has 0 bridgehead atoms. The molecule has 0 atom stereocenters. The summed E-state index contributed by atoms with van der Waals surface area (Å²) in [7, 11) is 1.93. The predicted octanol–water partition coefficient (Wildman–Crippen LogP) is 7.13. The minimum atomic E-state index is -0.250. The molecule has 2 fully saturated rings. The SMILES string of the molecule is CC1CCCCC1.CCn1c(C=O)cc2c(C)cccc21.CNc1ccc(C2CCN(C=O)CC2)cc1.O=CO. The first-order valence-corrected chi connectivity index (χ1v) is 14.5. The number of likely N-dealkylation sites (tertiary alicyclic amines) is 1. The third-order valence-corrected chi connectivity index (χ3v) is 7.88. The molecule has 1 aliphatic carbocycles. The minimum absolute atomic E-state index is 0.250. The molecule has 5 rings (SSSR count). The molecule has 1 saturated carbocycles. The summed E-state index contributed by atoms with van der Waals surface area (Å²) in [6.07, 6.45) is 11.5. The summed E-state index contributed by atoms with van der Waals surface area (Å²) < 4.78 is 2.04. The number of aryl methyl sites for hydroxylation is 2. The molecular weight excluding hydrogens is 502 g/mol. The van der Waals surface area contributed by atoms with Crippen molar-refractivity contribution in [3.63, 3.8) is 0 Å². The Morgan fingerprint density at radius 1 is 0.950 bits per heavy atom. The number of benzene rings is 2. The zero-order chi connectivity index (χ0) is 29.3. The molecule has 0 spiro atoms. The van der Waals surface area contributed by atoms with Crippen molar-refractivity contribution in [2.45, 2.75) is 78.2 Å². The Balaban J connectivity index is 0.000000212. The van der Waals surface area contributed by atoms with Gasteiger partial charge in [0.2, 0.25) is 6.41 Å². The highest BCUT2D eigenvalue weighted by Crippen LogP contribution is 2.28. The number of rotatable bonds is 5. The second-order valence-corrected chi connectivity index (χ2v) is 10.6. The van der Waals surface area contributed by atoms with Gasteiger partial charge in [-0.1, -0.05) is 63.3 Å². The number of carbonyl (C=O) groups excluding carboxylic acids is 2. The lowest BCUT2D eigenvalue weighted by atomic mass is 9.89. The smallest absolute Gasteiger partial charge is 0.290 e. The van der Waals surface area contributed by atoms with Crippen molar-refractivity contribution in [2.24, 2.45) is 5.92 Å². The van der Waals surface area contributed by atoms with Crippen LogP contribution < -0.4 is 5.32 Å². The van der Waals surface area contributed by atoms with Crippen LogP contribution in [0.4, 0.5) is 5.69 Å². The molecule has 7 nitrogen and oxygen atoms in total. The Hall–Kier alpha value is -3.61. The number of nitrogens with zero attached hydrogens (tertiary/aromatic N) is 2. The first-order chi connectivity index (χ1) is 19.4. The molecule has 2 aliphatic rings. The quantitative estimate of drug-likeness (QED) is 0.330. The molecule has 1 aliphatic heterocycles. The van der Waals surface area contributed by atoms with E-state index in [9.17, 15) is 9.59 Å². The van der Waals surface area contributed by atoms with Gasteiger partial charge >= 0.3 is 0 Å². The van der Waals surface area contributed by atoms with Crippen LogP contribution in [0.25, 0.3) is 10.9 Å². The average molecular weight is 550 g/mol. The number of carbonyl (C=O) groups is 3. The summed E-state index contributed by atoms with van der Waals surface area (Å²) in [5.41, 5.74) is 5.67. The monoisotopic (exact) mass is 549 g/mol. The van der Waals surface area contributed by atoms with Gasteiger partial charge in [-0.3, -0.25) is 14.4 Å². The topological polar surface area (TPSA) is 91.6 Å². The van der Waals surface area contributed by atoms with Crippen LogP contribution in [0.1, 0.15) is 86.3 Å². The molecule has 1 saturated heterocycles. The van der Waals surface area contributed by atoms with Crippen LogP contribution in [0.3, 0.4) is 0 Å². The lowest BCUT2D eigenvalue weighted by molar-refractivity contribution is -0.123. The van der Waals surface area contributed by atoms with Crippen LogP contribution in [0.5, 0.6) is 0 Å². The summed E-state index contributed by atoms with van der Waals surface area (Å²) in [5, 5.41) is 11.2. The van der Waals surface area contributed by atoms with E-state index in [0.717, 1.165) is 68.0 Å². The fourth-order valence-electron chi connectivity index (χ4n) is 5.47. The van der Waals surface area contributed by atoms with Crippen molar-refractivity contribution in [3.8, 4) is 0 Å². The fourth-order valence-corrected chi connectivity index (χ4v) is 5.47. The van der Waals surface area contributed by atoms with Crippen molar-refractivity contribution in [2.75, 3.05) is 25.5 Å². The van der Waals surface area contributed by atoms with Gasteiger partial charge < -0.3 is 19.9 Å². The van der Waals surface area contributed by atoms with Gasteiger partial charge in [-0.2, -0.15) is 0 Å². The van der Waals surface area contributed by atoms with E-state index in [0.29, 0.717) is 5.92 Å². The van der Waals surface area contributed by atoms with Crippen molar-refractivity contribution in [3.05, 3.63) is 65.4 Å². The zero-order valence-electron chi connectivity index (χ0n) is 24.6. The van der Waals surface area contributed by atoms with E-state index in [4.69, 9.17) is 9.90 Å². The van der Waals surface area contributed by atoms with Crippen molar-refractivity contribution < 1.29 is 19.5 Å². The van der Waals surface area contributed by atoms with E-state index in [1.807, 2.05) is 28.6 Å². The Morgan fingerprint density at radius 3 is 2.05 bits per heavy atom. The molecule has 2 N–H and O–H groups in total. The maximum absolute atomic E-state index is 10.8. The van der Waals surface area contributed by atoms with E-state index >= 15 is 0 Å². The normalized spacial score (nSPS) is 15.3. The van der Waals surface area contributed by atoms with E-state index in [2.05, 4.69) is 62.5 Å². The molecule has 2 heterocycles. The standard InChI is InChI=1S/C13H18N2O.C12H13NO.C7H14.CH2O2/c1-14-13-4-2-11(3-5-13)12-6-8-15(10-16)9-7-12;1-3-13-10(8-14)7-11-9(2)5-4-6-12(11)13;1-7-5-3-2-4-6-7;2-1-3/h2-5,10,12,14H,6-9H2,1H3;4-8H,3H2,1-2H3;7H,2-6H2,1H3;1H,(H,2,3). The van der Waals surface area contributed by atoms with Gasteiger partial charge in [0.25, 0.3) is 6.47 Å². The fraction of sp³-hybridized carbons (Fsp3) is 0.485. The first kappa shape index (κ1) is 32.6. The van der Waals surface area contributed by atoms with E-state index in [1.165, 1.54) is 48.6 Å². The molecular formula is C33H47N3O4. The Bertz CT molecular complexity index is 1160. The summed E-state index contributed by atoms with van der Waals surface area (Å²) in [6.45, 7) is 8.84. The lowest BCUT2D eigenvalue weighted by Crippen LogP contribution is -2.31. The van der Waals surface area contributed by atoms with Crippen molar-refractivity contribution in [1.82, 2.24) is 9.47 Å². The summed E-state index contributed by atoms with van der Waals surface area (Å²) in [4.78, 5) is 31.7.